The third kappa shape index (κ3) is 6.74. The van der Waals surface area contributed by atoms with Crippen LogP contribution in [0.1, 0.15) is 47.5 Å². The predicted molar refractivity (Wildman–Crippen MR) is 67.2 cm³/mol. The summed E-state index contributed by atoms with van der Waals surface area (Å²) in [5.41, 5.74) is 5.55. The highest BCUT2D eigenvalue weighted by Crippen LogP contribution is 2.12. The van der Waals surface area contributed by atoms with Crippen LogP contribution in [0.3, 0.4) is 0 Å². The number of hydrogen-bond donors (Lipinski definition) is 2. The molecule has 0 radical (unpaired) electrons. The normalized spacial score (nSPS) is 15.1. The molecule has 0 aliphatic rings. The van der Waals surface area contributed by atoms with E-state index in [0.29, 0.717) is 0 Å². The molecule has 0 aromatic rings. The van der Waals surface area contributed by atoms with E-state index in [4.69, 9.17) is 5.73 Å². The van der Waals surface area contributed by atoms with Crippen molar-refractivity contribution in [3.63, 3.8) is 0 Å². The summed E-state index contributed by atoms with van der Waals surface area (Å²) in [4.78, 5) is 11.7. The molecular weight excluding hydrogens is 212 g/mol. The second kappa shape index (κ2) is 7.07. The summed E-state index contributed by atoms with van der Waals surface area (Å²) in [5, 5.41) is 3.02. The fourth-order valence-corrected chi connectivity index (χ4v) is 1.37. The molecule has 0 aromatic carbocycles. The molecule has 0 fully saturated rings. The molecule has 0 saturated heterocycles. The van der Waals surface area contributed by atoms with E-state index in [0.717, 1.165) is 12.8 Å². The Bertz CT molecular complexity index is 193. The average molecular weight is 237 g/mol. The largest absolute Gasteiger partial charge is 0.351 e. The van der Waals surface area contributed by atoms with Crippen LogP contribution < -0.4 is 11.1 Å². The zero-order valence-electron chi connectivity index (χ0n) is 10.5. The van der Waals surface area contributed by atoms with Crippen LogP contribution in [0, 0.1) is 5.92 Å². The van der Waals surface area contributed by atoms with Crippen molar-refractivity contribution in [2.75, 3.05) is 0 Å². The summed E-state index contributed by atoms with van der Waals surface area (Å²) in [6.07, 6.45) is 2.06. The number of halogens is 1. The summed E-state index contributed by atoms with van der Waals surface area (Å²) in [7, 11) is 0. The maximum atomic E-state index is 11.7. The highest BCUT2D eigenvalue weighted by molar-refractivity contribution is 5.85. The smallest absolute Gasteiger partial charge is 0.224 e. The zero-order valence-corrected chi connectivity index (χ0v) is 11.3. The van der Waals surface area contributed by atoms with E-state index in [1.807, 2.05) is 27.7 Å². The van der Waals surface area contributed by atoms with Gasteiger partial charge in [0.2, 0.25) is 5.91 Å². The lowest BCUT2D eigenvalue weighted by molar-refractivity contribution is -0.126. The summed E-state index contributed by atoms with van der Waals surface area (Å²) in [6.45, 7) is 9.92. The Morgan fingerprint density at radius 1 is 1.40 bits per heavy atom. The highest BCUT2D eigenvalue weighted by Gasteiger charge is 2.24. The van der Waals surface area contributed by atoms with Gasteiger partial charge in [0, 0.05) is 17.5 Å². The SMILES string of the molecule is CCCC(C)(C)NC(=O)C(C)C(C)N.Cl. The molecule has 0 rings (SSSR count). The van der Waals surface area contributed by atoms with Crippen LogP contribution >= 0.6 is 12.4 Å². The molecule has 0 heterocycles. The molecule has 15 heavy (non-hydrogen) atoms. The van der Waals surface area contributed by atoms with Crippen molar-refractivity contribution in [2.45, 2.75) is 59.0 Å². The second-order valence-electron chi connectivity index (χ2n) is 4.77. The van der Waals surface area contributed by atoms with E-state index in [2.05, 4.69) is 12.2 Å². The lowest BCUT2D eigenvalue weighted by Gasteiger charge is -2.28. The molecule has 0 spiro atoms. The molecule has 3 N–H and O–H groups in total. The Hall–Kier alpha value is -0.280. The number of nitrogens with two attached hydrogens (primary N) is 1. The van der Waals surface area contributed by atoms with E-state index in [1.54, 1.807) is 0 Å². The Kier molecular flexibility index (Phi) is 8.07. The van der Waals surface area contributed by atoms with Gasteiger partial charge < -0.3 is 11.1 Å². The van der Waals surface area contributed by atoms with Gasteiger partial charge in [-0.25, -0.2) is 0 Å². The fourth-order valence-electron chi connectivity index (χ4n) is 1.37. The van der Waals surface area contributed by atoms with Crippen molar-refractivity contribution >= 4 is 18.3 Å². The minimum atomic E-state index is -0.119. The monoisotopic (exact) mass is 236 g/mol. The van der Waals surface area contributed by atoms with Gasteiger partial charge in [-0.05, 0) is 27.2 Å². The van der Waals surface area contributed by atoms with Crippen LogP contribution in [0.25, 0.3) is 0 Å². The molecule has 0 bridgehead atoms. The molecular formula is C11H25ClN2O. The van der Waals surface area contributed by atoms with Crippen LogP contribution in [-0.2, 0) is 4.79 Å². The molecule has 0 aliphatic heterocycles. The molecule has 2 unspecified atom stereocenters. The molecule has 0 aromatic heterocycles. The van der Waals surface area contributed by atoms with Crippen LogP contribution in [0.2, 0.25) is 0 Å². The first-order valence-electron chi connectivity index (χ1n) is 5.37. The number of carbonyl (C=O) groups excluding carboxylic acids is 1. The van der Waals surface area contributed by atoms with E-state index in [-0.39, 0.29) is 35.8 Å². The van der Waals surface area contributed by atoms with Crippen molar-refractivity contribution in [1.82, 2.24) is 5.32 Å². The van der Waals surface area contributed by atoms with Crippen molar-refractivity contribution < 1.29 is 4.79 Å². The quantitative estimate of drug-likeness (QED) is 0.768. The van der Waals surface area contributed by atoms with E-state index in [1.165, 1.54) is 0 Å². The number of nitrogens with one attached hydrogen (secondary N) is 1. The second-order valence-corrected chi connectivity index (χ2v) is 4.77. The van der Waals surface area contributed by atoms with Gasteiger partial charge in [-0.15, -0.1) is 12.4 Å². The Morgan fingerprint density at radius 3 is 2.20 bits per heavy atom. The van der Waals surface area contributed by atoms with E-state index >= 15 is 0 Å². The van der Waals surface area contributed by atoms with Crippen LogP contribution in [-0.4, -0.2) is 17.5 Å². The van der Waals surface area contributed by atoms with E-state index in [9.17, 15) is 4.79 Å². The molecule has 0 aliphatic carbocycles. The summed E-state index contributed by atoms with van der Waals surface area (Å²) in [5.74, 6) is -0.0652. The third-order valence-corrected chi connectivity index (χ3v) is 2.54. The molecule has 3 nitrogen and oxygen atoms in total. The van der Waals surface area contributed by atoms with Crippen molar-refractivity contribution in [3.05, 3.63) is 0 Å². The minimum absolute atomic E-state index is 0. The summed E-state index contributed by atoms with van der Waals surface area (Å²) < 4.78 is 0. The van der Waals surface area contributed by atoms with Crippen LogP contribution in [0.5, 0.6) is 0 Å². The zero-order chi connectivity index (χ0) is 11.4. The number of carbonyl (C=O) groups is 1. The average Bonchev–Trinajstić information content (AvgIpc) is 2.01. The fraction of sp³-hybridized carbons (Fsp3) is 0.909. The topological polar surface area (TPSA) is 55.1 Å². The molecule has 2 atom stereocenters. The van der Waals surface area contributed by atoms with Gasteiger partial charge in [0.1, 0.15) is 0 Å². The number of rotatable bonds is 5. The predicted octanol–water partition coefficient (Wildman–Crippen LogP) is 2.09. The first-order valence-corrected chi connectivity index (χ1v) is 5.37. The lowest BCUT2D eigenvalue weighted by atomic mass is 9.96. The highest BCUT2D eigenvalue weighted by atomic mass is 35.5. The summed E-state index contributed by atoms with van der Waals surface area (Å²) in [6, 6.07) is -0.0903. The van der Waals surface area contributed by atoms with Crippen molar-refractivity contribution in [2.24, 2.45) is 11.7 Å². The Labute approximate surface area is 99.6 Å². The van der Waals surface area contributed by atoms with Gasteiger partial charge >= 0.3 is 0 Å². The standard InChI is InChI=1S/C11H24N2O.ClH/c1-6-7-11(4,5)13-10(14)8(2)9(3)12;/h8-9H,6-7,12H2,1-5H3,(H,13,14);1H. The Balaban J connectivity index is 0. The van der Waals surface area contributed by atoms with Crippen molar-refractivity contribution in [3.8, 4) is 0 Å². The first kappa shape index (κ1) is 17.1. The molecule has 0 saturated carbocycles. The number of hydrogen-bond acceptors (Lipinski definition) is 2. The number of amides is 1. The Morgan fingerprint density at radius 2 is 1.87 bits per heavy atom. The van der Waals surface area contributed by atoms with Gasteiger partial charge in [-0.2, -0.15) is 0 Å². The van der Waals surface area contributed by atoms with Gasteiger partial charge in [-0.1, -0.05) is 20.3 Å². The third-order valence-electron chi connectivity index (χ3n) is 2.54. The van der Waals surface area contributed by atoms with Crippen LogP contribution in [0.15, 0.2) is 0 Å². The van der Waals surface area contributed by atoms with Gasteiger partial charge in [-0.3, -0.25) is 4.79 Å². The van der Waals surface area contributed by atoms with Gasteiger partial charge in [0.25, 0.3) is 0 Å². The summed E-state index contributed by atoms with van der Waals surface area (Å²) >= 11 is 0. The molecule has 1 amide bonds. The van der Waals surface area contributed by atoms with E-state index < -0.39 is 0 Å². The maximum Gasteiger partial charge on any atom is 0.224 e. The van der Waals surface area contributed by atoms with Gasteiger partial charge in [0.15, 0.2) is 0 Å². The molecule has 92 valence electrons. The maximum absolute atomic E-state index is 11.7. The first-order chi connectivity index (χ1) is 6.30. The lowest BCUT2D eigenvalue weighted by Crippen LogP contribution is -2.48. The van der Waals surface area contributed by atoms with Gasteiger partial charge in [0.05, 0.1) is 0 Å². The molecule has 4 heteroatoms. The van der Waals surface area contributed by atoms with Crippen molar-refractivity contribution in [1.29, 1.82) is 0 Å². The van der Waals surface area contributed by atoms with Crippen LogP contribution in [0.4, 0.5) is 0 Å². The minimum Gasteiger partial charge on any atom is -0.351 e.